The number of nitrogens with zero attached hydrogens (tertiary/aromatic N) is 4. The SMILES string of the molecule is Cc1noc([C@@H]2COC[C@@H]3CN(C(=O)Cc4ccccn4)C[C@@H]32)n1. The fourth-order valence-electron chi connectivity index (χ4n) is 3.69. The predicted molar refractivity (Wildman–Crippen MR) is 84.1 cm³/mol. The van der Waals surface area contributed by atoms with Gasteiger partial charge >= 0.3 is 0 Å². The van der Waals surface area contributed by atoms with E-state index in [-0.39, 0.29) is 11.8 Å². The maximum absolute atomic E-state index is 12.6. The first-order valence-electron chi connectivity index (χ1n) is 8.26. The lowest BCUT2D eigenvalue weighted by atomic mass is 9.83. The lowest BCUT2D eigenvalue weighted by Crippen LogP contribution is -2.33. The van der Waals surface area contributed by atoms with Crippen molar-refractivity contribution in [2.45, 2.75) is 19.3 Å². The Morgan fingerprint density at radius 2 is 2.25 bits per heavy atom. The van der Waals surface area contributed by atoms with E-state index >= 15 is 0 Å². The first-order chi connectivity index (χ1) is 11.7. The second-order valence-corrected chi connectivity index (χ2v) is 6.54. The van der Waals surface area contributed by atoms with Gasteiger partial charge in [0.05, 0.1) is 25.6 Å². The van der Waals surface area contributed by atoms with Gasteiger partial charge < -0.3 is 14.2 Å². The van der Waals surface area contributed by atoms with Gasteiger partial charge in [0.15, 0.2) is 5.82 Å². The number of rotatable bonds is 3. The molecule has 2 aromatic rings. The van der Waals surface area contributed by atoms with E-state index in [1.165, 1.54) is 0 Å². The Hall–Kier alpha value is -2.28. The van der Waals surface area contributed by atoms with Crippen molar-refractivity contribution in [2.75, 3.05) is 26.3 Å². The average Bonchev–Trinajstić information content (AvgIpc) is 3.21. The summed E-state index contributed by atoms with van der Waals surface area (Å²) in [5.74, 6) is 2.07. The topological polar surface area (TPSA) is 81.4 Å². The molecule has 0 aliphatic carbocycles. The molecule has 0 spiro atoms. The lowest BCUT2D eigenvalue weighted by molar-refractivity contribution is -0.129. The Balaban J connectivity index is 1.46. The van der Waals surface area contributed by atoms with Crippen molar-refractivity contribution in [2.24, 2.45) is 11.8 Å². The van der Waals surface area contributed by atoms with E-state index in [9.17, 15) is 4.79 Å². The number of carbonyl (C=O) groups is 1. The van der Waals surface area contributed by atoms with Gasteiger partial charge in [-0.2, -0.15) is 4.98 Å². The third-order valence-corrected chi connectivity index (χ3v) is 4.91. The Labute approximate surface area is 140 Å². The molecule has 7 heteroatoms. The normalized spacial score (nSPS) is 26.4. The minimum absolute atomic E-state index is 0.0672. The van der Waals surface area contributed by atoms with E-state index in [0.29, 0.717) is 49.7 Å². The van der Waals surface area contributed by atoms with Crippen molar-refractivity contribution < 1.29 is 14.1 Å². The number of hydrogen-bond donors (Lipinski definition) is 0. The molecule has 2 fully saturated rings. The number of fused-ring (bicyclic) bond motifs is 1. The summed E-state index contributed by atoms with van der Waals surface area (Å²) in [6.45, 7) is 4.50. The summed E-state index contributed by atoms with van der Waals surface area (Å²) >= 11 is 0. The summed E-state index contributed by atoms with van der Waals surface area (Å²) in [5.41, 5.74) is 0.803. The van der Waals surface area contributed by atoms with Crippen molar-refractivity contribution >= 4 is 5.91 Å². The van der Waals surface area contributed by atoms with E-state index in [1.54, 1.807) is 6.20 Å². The van der Waals surface area contributed by atoms with Gasteiger partial charge in [-0.25, -0.2) is 0 Å². The molecular formula is C17H20N4O3. The van der Waals surface area contributed by atoms with Gasteiger partial charge in [-0.05, 0) is 25.0 Å². The van der Waals surface area contributed by atoms with Crippen LogP contribution in [0.25, 0.3) is 0 Å². The highest BCUT2D eigenvalue weighted by Gasteiger charge is 2.44. The fraction of sp³-hybridized carbons (Fsp3) is 0.529. The molecule has 4 heterocycles. The fourth-order valence-corrected chi connectivity index (χ4v) is 3.69. The maximum atomic E-state index is 12.6. The molecule has 0 unspecified atom stereocenters. The maximum Gasteiger partial charge on any atom is 0.232 e. The van der Waals surface area contributed by atoms with Crippen LogP contribution in [0, 0.1) is 18.8 Å². The Morgan fingerprint density at radius 3 is 3.00 bits per heavy atom. The van der Waals surface area contributed by atoms with E-state index in [1.807, 2.05) is 30.0 Å². The van der Waals surface area contributed by atoms with Gasteiger partial charge in [0.2, 0.25) is 11.8 Å². The van der Waals surface area contributed by atoms with Crippen molar-refractivity contribution in [3.05, 3.63) is 41.8 Å². The number of pyridine rings is 1. The molecule has 2 aromatic heterocycles. The first-order valence-corrected chi connectivity index (χ1v) is 8.26. The quantitative estimate of drug-likeness (QED) is 0.842. The van der Waals surface area contributed by atoms with Crippen molar-refractivity contribution in [3.8, 4) is 0 Å². The second-order valence-electron chi connectivity index (χ2n) is 6.54. The van der Waals surface area contributed by atoms with Crippen LogP contribution in [0.1, 0.15) is 23.3 Å². The average molecular weight is 328 g/mol. The lowest BCUT2D eigenvalue weighted by Gasteiger charge is -2.30. The van der Waals surface area contributed by atoms with E-state index in [4.69, 9.17) is 9.26 Å². The number of likely N-dealkylation sites (tertiary alicyclic amines) is 1. The zero-order valence-corrected chi connectivity index (χ0v) is 13.6. The summed E-state index contributed by atoms with van der Waals surface area (Å²) in [5, 5.41) is 3.89. The third kappa shape index (κ3) is 2.91. The zero-order chi connectivity index (χ0) is 16.5. The van der Waals surface area contributed by atoms with Crippen LogP contribution in [0.4, 0.5) is 0 Å². The van der Waals surface area contributed by atoms with Gasteiger partial charge in [-0.15, -0.1) is 0 Å². The molecule has 2 saturated heterocycles. The van der Waals surface area contributed by atoms with E-state index in [2.05, 4.69) is 15.1 Å². The molecule has 2 aliphatic rings. The van der Waals surface area contributed by atoms with Crippen molar-refractivity contribution in [1.82, 2.24) is 20.0 Å². The molecule has 0 aromatic carbocycles. The minimum atomic E-state index is 0.0672. The molecule has 4 rings (SSSR count). The molecule has 0 radical (unpaired) electrons. The van der Waals surface area contributed by atoms with Crippen LogP contribution in [0.5, 0.6) is 0 Å². The largest absolute Gasteiger partial charge is 0.380 e. The van der Waals surface area contributed by atoms with Gasteiger partial charge in [-0.3, -0.25) is 9.78 Å². The number of amides is 1. The highest BCUT2D eigenvalue weighted by molar-refractivity contribution is 5.78. The van der Waals surface area contributed by atoms with E-state index < -0.39 is 0 Å². The Morgan fingerprint density at radius 1 is 1.33 bits per heavy atom. The van der Waals surface area contributed by atoms with Crippen LogP contribution < -0.4 is 0 Å². The minimum Gasteiger partial charge on any atom is -0.380 e. The standard InChI is InChI=1S/C17H20N4O3/c1-11-19-17(24-20-11)15-10-23-9-12-7-21(8-14(12)15)16(22)6-13-4-2-3-5-18-13/h2-5,12,14-15H,6-10H2,1H3/t12-,14-,15+/m0/s1. The van der Waals surface area contributed by atoms with E-state index in [0.717, 1.165) is 12.2 Å². The van der Waals surface area contributed by atoms with Gasteiger partial charge in [0, 0.05) is 30.9 Å². The molecule has 24 heavy (non-hydrogen) atoms. The third-order valence-electron chi connectivity index (χ3n) is 4.91. The smallest absolute Gasteiger partial charge is 0.232 e. The first kappa shape index (κ1) is 15.3. The Bertz CT molecular complexity index is 718. The molecule has 0 saturated carbocycles. The zero-order valence-electron chi connectivity index (χ0n) is 13.6. The van der Waals surface area contributed by atoms with Gasteiger partial charge in [0.25, 0.3) is 0 Å². The molecule has 3 atom stereocenters. The molecule has 126 valence electrons. The number of ether oxygens (including phenoxy) is 1. The predicted octanol–water partition coefficient (Wildman–Crippen LogP) is 1.20. The van der Waals surface area contributed by atoms with Crippen LogP contribution in [0.2, 0.25) is 0 Å². The molecular weight excluding hydrogens is 308 g/mol. The van der Waals surface area contributed by atoms with Crippen LogP contribution >= 0.6 is 0 Å². The number of aromatic nitrogens is 3. The Kier molecular flexibility index (Phi) is 4.02. The van der Waals surface area contributed by atoms with Crippen LogP contribution in [-0.4, -0.2) is 52.2 Å². The summed E-state index contributed by atoms with van der Waals surface area (Å²) in [7, 11) is 0. The van der Waals surface area contributed by atoms with Gasteiger partial charge in [0.1, 0.15) is 0 Å². The van der Waals surface area contributed by atoms with Crippen LogP contribution in [-0.2, 0) is 16.0 Å². The monoisotopic (exact) mass is 328 g/mol. The summed E-state index contributed by atoms with van der Waals surface area (Å²) < 4.78 is 11.1. The second kappa shape index (κ2) is 6.32. The highest BCUT2D eigenvalue weighted by atomic mass is 16.5. The van der Waals surface area contributed by atoms with Crippen LogP contribution in [0.15, 0.2) is 28.9 Å². The van der Waals surface area contributed by atoms with Gasteiger partial charge in [-0.1, -0.05) is 11.2 Å². The van der Waals surface area contributed by atoms with Crippen LogP contribution in [0.3, 0.4) is 0 Å². The van der Waals surface area contributed by atoms with Crippen molar-refractivity contribution in [1.29, 1.82) is 0 Å². The molecule has 1 amide bonds. The number of carbonyl (C=O) groups excluding carboxylic acids is 1. The summed E-state index contributed by atoms with van der Waals surface area (Å²) in [4.78, 5) is 23.1. The molecule has 2 aliphatic heterocycles. The number of hydrogen-bond acceptors (Lipinski definition) is 6. The van der Waals surface area contributed by atoms with Crippen molar-refractivity contribution in [3.63, 3.8) is 0 Å². The number of aryl methyl sites for hydroxylation is 1. The summed E-state index contributed by atoms with van der Waals surface area (Å²) in [6.07, 6.45) is 2.06. The molecule has 0 bridgehead atoms. The molecule has 7 nitrogen and oxygen atoms in total. The molecule has 0 N–H and O–H groups in total. The highest BCUT2D eigenvalue weighted by Crippen LogP contribution is 2.39. The summed E-state index contributed by atoms with van der Waals surface area (Å²) in [6, 6.07) is 5.64.